The molecule has 0 aliphatic heterocycles. The Bertz CT molecular complexity index is 1010. The number of thiazole rings is 1. The molecule has 0 radical (unpaired) electrons. The maximum Gasteiger partial charge on any atom is 0.344 e. The van der Waals surface area contributed by atoms with Crippen molar-refractivity contribution in [3.05, 3.63) is 65.5 Å². The van der Waals surface area contributed by atoms with Crippen molar-refractivity contribution in [3.63, 3.8) is 0 Å². The van der Waals surface area contributed by atoms with E-state index >= 15 is 0 Å². The molecule has 0 saturated carbocycles. The second-order valence-corrected chi connectivity index (χ2v) is 6.75. The Balaban J connectivity index is 1.52. The Morgan fingerprint density at radius 3 is 2.62 bits per heavy atom. The van der Waals surface area contributed by atoms with E-state index < -0.39 is 29.6 Å². The lowest BCUT2D eigenvalue weighted by Gasteiger charge is -2.12. The van der Waals surface area contributed by atoms with E-state index in [1.165, 1.54) is 13.0 Å². The van der Waals surface area contributed by atoms with Crippen LogP contribution in [0.2, 0.25) is 0 Å². The molecule has 0 aliphatic rings. The molecule has 9 heteroatoms. The quantitative estimate of drug-likeness (QED) is 0.586. The molecule has 1 atom stereocenters. The van der Waals surface area contributed by atoms with Gasteiger partial charge in [0.1, 0.15) is 5.75 Å². The van der Waals surface area contributed by atoms with E-state index in [2.05, 4.69) is 10.3 Å². The molecular formula is C20H16F2N2O4S. The Morgan fingerprint density at radius 1 is 1.14 bits per heavy atom. The van der Waals surface area contributed by atoms with E-state index in [1.807, 2.05) is 6.07 Å². The fraction of sp³-hybridized carbons (Fsp3) is 0.150. The van der Waals surface area contributed by atoms with E-state index in [-0.39, 0.29) is 11.7 Å². The van der Waals surface area contributed by atoms with E-state index in [9.17, 15) is 18.4 Å². The number of benzene rings is 2. The summed E-state index contributed by atoms with van der Waals surface area (Å²) in [6.45, 7) is 1.08. The fourth-order valence-corrected chi connectivity index (χ4v) is 2.99. The largest absolute Gasteiger partial charge is 0.482 e. The predicted molar refractivity (Wildman–Crippen MR) is 104 cm³/mol. The van der Waals surface area contributed by atoms with Gasteiger partial charge in [0.2, 0.25) is 0 Å². The van der Waals surface area contributed by atoms with Crippen molar-refractivity contribution in [3.8, 4) is 17.0 Å². The molecule has 29 heavy (non-hydrogen) atoms. The van der Waals surface area contributed by atoms with Gasteiger partial charge in [-0.1, -0.05) is 18.2 Å². The summed E-state index contributed by atoms with van der Waals surface area (Å²) >= 11 is 1.10. The Labute approximate surface area is 169 Å². The van der Waals surface area contributed by atoms with Crippen molar-refractivity contribution in [2.24, 2.45) is 0 Å². The topological polar surface area (TPSA) is 77.5 Å². The van der Waals surface area contributed by atoms with Gasteiger partial charge in [0.05, 0.1) is 5.69 Å². The fourth-order valence-electron chi connectivity index (χ4n) is 2.27. The zero-order chi connectivity index (χ0) is 20.8. The lowest BCUT2D eigenvalue weighted by Crippen LogP contribution is -2.31. The first kappa shape index (κ1) is 20.4. The molecule has 0 spiro atoms. The molecule has 0 fully saturated rings. The summed E-state index contributed by atoms with van der Waals surface area (Å²) in [6.07, 6.45) is -1.07. The molecule has 150 valence electrons. The number of rotatable bonds is 7. The second-order valence-electron chi connectivity index (χ2n) is 5.89. The Kier molecular flexibility index (Phi) is 6.50. The second kappa shape index (κ2) is 9.24. The lowest BCUT2D eigenvalue weighted by molar-refractivity contribution is -0.155. The van der Waals surface area contributed by atoms with Crippen LogP contribution < -0.4 is 10.1 Å². The van der Waals surface area contributed by atoms with E-state index in [1.54, 1.807) is 29.6 Å². The van der Waals surface area contributed by atoms with Crippen molar-refractivity contribution in [2.45, 2.75) is 13.0 Å². The highest BCUT2D eigenvalue weighted by molar-refractivity contribution is 7.14. The van der Waals surface area contributed by atoms with Gasteiger partial charge in [0.15, 0.2) is 29.5 Å². The van der Waals surface area contributed by atoms with Crippen LogP contribution in [0.4, 0.5) is 13.9 Å². The summed E-state index contributed by atoms with van der Waals surface area (Å²) in [6, 6.07) is 12.1. The van der Waals surface area contributed by atoms with Crippen LogP contribution in [-0.2, 0) is 14.3 Å². The van der Waals surface area contributed by atoms with Crippen molar-refractivity contribution < 1.29 is 27.8 Å². The van der Waals surface area contributed by atoms with Gasteiger partial charge >= 0.3 is 5.97 Å². The van der Waals surface area contributed by atoms with Crippen LogP contribution >= 0.6 is 11.3 Å². The summed E-state index contributed by atoms with van der Waals surface area (Å²) in [5, 5.41) is 4.34. The van der Waals surface area contributed by atoms with Gasteiger partial charge < -0.3 is 9.47 Å². The number of nitrogens with one attached hydrogen (secondary N) is 1. The van der Waals surface area contributed by atoms with Gasteiger partial charge in [-0.25, -0.2) is 18.6 Å². The average molecular weight is 418 g/mol. The first-order chi connectivity index (χ1) is 13.9. The van der Waals surface area contributed by atoms with Crippen molar-refractivity contribution >= 4 is 28.3 Å². The summed E-state index contributed by atoms with van der Waals surface area (Å²) in [7, 11) is 0. The third kappa shape index (κ3) is 5.58. The Morgan fingerprint density at radius 2 is 1.90 bits per heavy atom. The van der Waals surface area contributed by atoms with Crippen LogP contribution in [0.15, 0.2) is 53.9 Å². The first-order valence-corrected chi connectivity index (χ1v) is 9.39. The smallest absolute Gasteiger partial charge is 0.344 e. The molecule has 1 N–H and O–H groups in total. The zero-order valence-electron chi connectivity index (χ0n) is 15.2. The van der Waals surface area contributed by atoms with Crippen LogP contribution in [0, 0.1) is 11.6 Å². The van der Waals surface area contributed by atoms with Crippen molar-refractivity contribution in [2.75, 3.05) is 11.9 Å². The van der Waals surface area contributed by atoms with Gasteiger partial charge in [-0.2, -0.15) is 0 Å². The molecule has 6 nitrogen and oxygen atoms in total. The molecule has 3 rings (SSSR count). The molecule has 1 aromatic heterocycles. The predicted octanol–water partition coefficient (Wildman–Crippen LogP) is 4.04. The van der Waals surface area contributed by atoms with Gasteiger partial charge in [0, 0.05) is 10.9 Å². The highest BCUT2D eigenvalue weighted by Crippen LogP contribution is 2.26. The lowest BCUT2D eigenvalue weighted by atomic mass is 10.2. The molecule has 0 aliphatic carbocycles. The number of hydrogen-bond acceptors (Lipinski definition) is 6. The molecule has 2 aromatic carbocycles. The molecule has 0 unspecified atom stereocenters. The summed E-state index contributed by atoms with van der Waals surface area (Å²) in [4.78, 5) is 28.2. The molecule has 3 aromatic rings. The monoisotopic (exact) mass is 418 g/mol. The number of carbonyl (C=O) groups is 2. The number of ether oxygens (including phenoxy) is 2. The first-order valence-electron chi connectivity index (χ1n) is 8.51. The van der Waals surface area contributed by atoms with E-state index in [4.69, 9.17) is 9.47 Å². The standard InChI is InChI=1S/C20H16F2N2O4S/c1-12(28-18(25)10-27-14-5-3-2-4-6-14)19(26)24-20-23-17(11-29-20)13-7-8-15(21)16(22)9-13/h2-9,11-12H,10H2,1H3,(H,23,24,26)/t12-/m0/s1. The molecule has 1 amide bonds. The van der Waals surface area contributed by atoms with Crippen LogP contribution in [-0.4, -0.2) is 29.6 Å². The number of aromatic nitrogens is 1. The minimum atomic E-state index is -1.07. The normalized spacial score (nSPS) is 11.6. The number of anilines is 1. The highest BCUT2D eigenvalue weighted by atomic mass is 32.1. The van der Waals surface area contributed by atoms with Gasteiger partial charge in [-0.05, 0) is 37.3 Å². The van der Waals surface area contributed by atoms with Crippen LogP contribution in [0.3, 0.4) is 0 Å². The van der Waals surface area contributed by atoms with Crippen molar-refractivity contribution in [1.82, 2.24) is 4.98 Å². The number of nitrogens with zero attached hydrogens (tertiary/aromatic N) is 1. The zero-order valence-corrected chi connectivity index (χ0v) is 16.0. The van der Waals surface area contributed by atoms with Crippen molar-refractivity contribution in [1.29, 1.82) is 0 Å². The van der Waals surface area contributed by atoms with Crippen LogP contribution in [0.5, 0.6) is 5.75 Å². The third-order valence-corrected chi connectivity index (χ3v) is 4.48. The number of amides is 1. The maximum absolute atomic E-state index is 13.4. The molecule has 0 saturated heterocycles. The van der Waals surface area contributed by atoms with Gasteiger partial charge in [-0.3, -0.25) is 10.1 Å². The van der Waals surface area contributed by atoms with Gasteiger partial charge in [0.25, 0.3) is 5.91 Å². The van der Waals surface area contributed by atoms with E-state index in [0.717, 1.165) is 23.5 Å². The number of esters is 1. The summed E-state index contributed by atoms with van der Waals surface area (Å²) in [5.74, 6) is -2.71. The molecular weight excluding hydrogens is 402 g/mol. The summed E-state index contributed by atoms with van der Waals surface area (Å²) in [5.41, 5.74) is 0.753. The van der Waals surface area contributed by atoms with Crippen LogP contribution in [0.1, 0.15) is 6.92 Å². The molecule has 0 bridgehead atoms. The number of carbonyl (C=O) groups excluding carboxylic acids is 2. The minimum Gasteiger partial charge on any atom is -0.482 e. The molecule has 1 heterocycles. The minimum absolute atomic E-state index is 0.234. The van der Waals surface area contributed by atoms with E-state index in [0.29, 0.717) is 17.0 Å². The third-order valence-electron chi connectivity index (χ3n) is 3.73. The number of hydrogen-bond donors (Lipinski definition) is 1. The highest BCUT2D eigenvalue weighted by Gasteiger charge is 2.20. The number of halogens is 2. The van der Waals surface area contributed by atoms with Gasteiger partial charge in [-0.15, -0.1) is 11.3 Å². The Hall–Kier alpha value is -3.33. The summed E-state index contributed by atoms with van der Waals surface area (Å²) < 4.78 is 36.7. The van der Waals surface area contributed by atoms with Crippen LogP contribution in [0.25, 0.3) is 11.3 Å². The average Bonchev–Trinajstić information content (AvgIpc) is 3.17. The maximum atomic E-state index is 13.4. The number of para-hydroxylation sites is 1. The SMILES string of the molecule is C[C@H](OC(=O)COc1ccccc1)C(=O)Nc1nc(-c2ccc(F)c(F)c2)cs1.